The zero-order valence-electron chi connectivity index (χ0n) is 12.7. The van der Waals surface area contributed by atoms with Gasteiger partial charge in [-0.05, 0) is 32.9 Å². The van der Waals surface area contributed by atoms with Gasteiger partial charge in [0.25, 0.3) is 5.56 Å². The lowest BCUT2D eigenvalue weighted by atomic mass is 10.3. The SMILES string of the molecule is CCN(CC)c1cc(=O)nc2n(CC)c3ccccc3n12. The highest BCUT2D eigenvalue weighted by Crippen LogP contribution is 2.24. The molecule has 2 aromatic heterocycles. The number of aromatic nitrogens is 3. The van der Waals surface area contributed by atoms with Crippen LogP contribution in [-0.4, -0.2) is 27.0 Å². The second-order valence-electron chi connectivity index (χ2n) is 4.99. The van der Waals surface area contributed by atoms with E-state index in [-0.39, 0.29) is 5.56 Å². The summed E-state index contributed by atoms with van der Waals surface area (Å²) in [4.78, 5) is 18.4. The zero-order valence-corrected chi connectivity index (χ0v) is 12.7. The molecular formula is C16H20N4O. The summed E-state index contributed by atoms with van der Waals surface area (Å²) < 4.78 is 4.18. The summed E-state index contributed by atoms with van der Waals surface area (Å²) in [6.45, 7) is 8.76. The molecule has 0 aliphatic heterocycles. The Morgan fingerprint density at radius 2 is 1.76 bits per heavy atom. The van der Waals surface area contributed by atoms with E-state index >= 15 is 0 Å². The average molecular weight is 284 g/mol. The maximum atomic E-state index is 12.0. The standard InChI is InChI=1S/C16H20N4O/c1-4-18(5-2)15-11-14(21)17-16-19(6-3)12-9-7-8-10-13(12)20(15)16/h7-11H,4-6H2,1-3H3. The first-order valence-corrected chi connectivity index (χ1v) is 7.47. The number of aryl methyl sites for hydroxylation is 1. The van der Waals surface area contributed by atoms with Gasteiger partial charge in [0.1, 0.15) is 5.82 Å². The molecule has 0 aliphatic carbocycles. The Balaban J connectivity index is 2.52. The summed E-state index contributed by atoms with van der Waals surface area (Å²) in [6, 6.07) is 9.82. The fourth-order valence-corrected chi connectivity index (χ4v) is 2.95. The van der Waals surface area contributed by atoms with Crippen molar-refractivity contribution in [2.45, 2.75) is 27.3 Å². The molecule has 0 fully saturated rings. The van der Waals surface area contributed by atoms with Crippen LogP contribution in [0.15, 0.2) is 35.1 Å². The Hall–Kier alpha value is -2.30. The van der Waals surface area contributed by atoms with Crippen molar-refractivity contribution >= 4 is 22.6 Å². The molecule has 21 heavy (non-hydrogen) atoms. The molecule has 0 saturated heterocycles. The van der Waals surface area contributed by atoms with E-state index in [1.165, 1.54) is 0 Å². The fourth-order valence-electron chi connectivity index (χ4n) is 2.95. The van der Waals surface area contributed by atoms with Crippen LogP contribution < -0.4 is 10.5 Å². The molecule has 110 valence electrons. The lowest BCUT2D eigenvalue weighted by Gasteiger charge is -2.21. The van der Waals surface area contributed by atoms with Crippen molar-refractivity contribution in [2.75, 3.05) is 18.0 Å². The van der Waals surface area contributed by atoms with Crippen molar-refractivity contribution in [1.82, 2.24) is 14.0 Å². The smallest absolute Gasteiger partial charge is 0.276 e. The number of anilines is 1. The molecule has 3 aromatic rings. The fraction of sp³-hybridized carbons (Fsp3) is 0.375. The molecule has 3 rings (SSSR count). The predicted molar refractivity (Wildman–Crippen MR) is 86.2 cm³/mol. The highest BCUT2D eigenvalue weighted by Gasteiger charge is 2.16. The monoisotopic (exact) mass is 284 g/mol. The summed E-state index contributed by atoms with van der Waals surface area (Å²) in [7, 11) is 0. The average Bonchev–Trinajstić information content (AvgIpc) is 2.81. The van der Waals surface area contributed by atoms with Gasteiger partial charge in [0.2, 0.25) is 5.78 Å². The minimum atomic E-state index is -0.186. The first kappa shape index (κ1) is 13.7. The summed E-state index contributed by atoms with van der Waals surface area (Å²) >= 11 is 0. The minimum Gasteiger partial charge on any atom is -0.358 e. The van der Waals surface area contributed by atoms with Crippen molar-refractivity contribution in [3.8, 4) is 0 Å². The Bertz CT molecular complexity index is 842. The molecule has 0 N–H and O–H groups in total. The predicted octanol–water partition coefficient (Wildman–Crippen LogP) is 2.52. The molecule has 0 radical (unpaired) electrons. The Morgan fingerprint density at radius 1 is 1.10 bits per heavy atom. The van der Waals surface area contributed by atoms with Gasteiger partial charge in [-0.2, -0.15) is 4.98 Å². The summed E-state index contributed by atoms with van der Waals surface area (Å²) in [5, 5.41) is 0. The van der Waals surface area contributed by atoms with E-state index in [0.717, 1.165) is 36.5 Å². The number of rotatable bonds is 4. The third-order valence-electron chi connectivity index (χ3n) is 3.95. The summed E-state index contributed by atoms with van der Waals surface area (Å²) in [5.74, 6) is 1.63. The number of hydrogen-bond acceptors (Lipinski definition) is 3. The van der Waals surface area contributed by atoms with Crippen LogP contribution in [0.3, 0.4) is 0 Å². The van der Waals surface area contributed by atoms with E-state index in [9.17, 15) is 4.79 Å². The molecule has 0 unspecified atom stereocenters. The van der Waals surface area contributed by atoms with Crippen LogP contribution in [0.1, 0.15) is 20.8 Å². The van der Waals surface area contributed by atoms with Crippen LogP contribution >= 0.6 is 0 Å². The quantitative estimate of drug-likeness (QED) is 0.739. The van der Waals surface area contributed by atoms with Gasteiger partial charge in [-0.3, -0.25) is 9.20 Å². The zero-order chi connectivity index (χ0) is 15.0. The molecular weight excluding hydrogens is 264 g/mol. The third kappa shape index (κ3) is 2.00. The van der Waals surface area contributed by atoms with Crippen molar-refractivity contribution < 1.29 is 0 Å². The van der Waals surface area contributed by atoms with E-state index in [4.69, 9.17) is 0 Å². The van der Waals surface area contributed by atoms with Gasteiger partial charge < -0.3 is 9.47 Å². The van der Waals surface area contributed by atoms with Gasteiger partial charge >= 0.3 is 0 Å². The number of para-hydroxylation sites is 2. The van der Waals surface area contributed by atoms with E-state index in [2.05, 4.69) is 51.8 Å². The molecule has 0 atom stereocenters. The Labute approximate surface area is 123 Å². The largest absolute Gasteiger partial charge is 0.358 e. The maximum Gasteiger partial charge on any atom is 0.276 e. The van der Waals surface area contributed by atoms with Gasteiger partial charge in [-0.1, -0.05) is 12.1 Å². The summed E-state index contributed by atoms with van der Waals surface area (Å²) in [5.41, 5.74) is 2.00. The normalized spacial score (nSPS) is 11.4. The molecule has 0 saturated carbocycles. The number of benzene rings is 1. The maximum absolute atomic E-state index is 12.0. The van der Waals surface area contributed by atoms with Gasteiger partial charge in [0, 0.05) is 25.7 Å². The minimum absolute atomic E-state index is 0.186. The second-order valence-corrected chi connectivity index (χ2v) is 4.99. The van der Waals surface area contributed by atoms with E-state index in [1.54, 1.807) is 6.07 Å². The van der Waals surface area contributed by atoms with E-state index in [0.29, 0.717) is 5.78 Å². The molecule has 0 spiro atoms. The summed E-state index contributed by atoms with van der Waals surface area (Å²) in [6.07, 6.45) is 0. The van der Waals surface area contributed by atoms with E-state index in [1.807, 2.05) is 12.1 Å². The first-order chi connectivity index (χ1) is 10.2. The van der Waals surface area contributed by atoms with Crippen molar-refractivity contribution in [1.29, 1.82) is 0 Å². The second kappa shape index (κ2) is 5.24. The Morgan fingerprint density at radius 3 is 2.38 bits per heavy atom. The van der Waals surface area contributed by atoms with Crippen molar-refractivity contribution in [2.24, 2.45) is 0 Å². The van der Waals surface area contributed by atoms with Gasteiger partial charge in [-0.25, -0.2) is 0 Å². The molecule has 5 heteroatoms. The number of fused-ring (bicyclic) bond motifs is 3. The van der Waals surface area contributed by atoms with Crippen LogP contribution in [0.4, 0.5) is 5.82 Å². The molecule has 2 heterocycles. The number of imidazole rings is 1. The highest BCUT2D eigenvalue weighted by molar-refractivity contribution is 5.82. The van der Waals surface area contributed by atoms with Crippen LogP contribution in [0.5, 0.6) is 0 Å². The van der Waals surface area contributed by atoms with Crippen LogP contribution in [0.2, 0.25) is 0 Å². The molecule has 1 aromatic carbocycles. The van der Waals surface area contributed by atoms with Crippen molar-refractivity contribution in [3.63, 3.8) is 0 Å². The highest BCUT2D eigenvalue weighted by atomic mass is 16.1. The van der Waals surface area contributed by atoms with Crippen LogP contribution in [0.25, 0.3) is 16.8 Å². The molecule has 0 aliphatic rings. The first-order valence-electron chi connectivity index (χ1n) is 7.47. The third-order valence-corrected chi connectivity index (χ3v) is 3.95. The van der Waals surface area contributed by atoms with E-state index < -0.39 is 0 Å². The van der Waals surface area contributed by atoms with Gasteiger partial charge in [0.15, 0.2) is 0 Å². The van der Waals surface area contributed by atoms with Crippen LogP contribution in [-0.2, 0) is 6.54 Å². The topological polar surface area (TPSA) is 42.5 Å². The Kier molecular flexibility index (Phi) is 3.41. The lowest BCUT2D eigenvalue weighted by molar-refractivity contribution is 0.785. The molecule has 0 amide bonds. The number of hydrogen-bond donors (Lipinski definition) is 0. The van der Waals surface area contributed by atoms with Gasteiger partial charge in [0.05, 0.1) is 11.0 Å². The van der Waals surface area contributed by atoms with Crippen LogP contribution in [0, 0.1) is 0 Å². The van der Waals surface area contributed by atoms with Gasteiger partial charge in [-0.15, -0.1) is 0 Å². The molecule has 0 bridgehead atoms. The number of nitrogens with zero attached hydrogens (tertiary/aromatic N) is 4. The lowest BCUT2D eigenvalue weighted by Crippen LogP contribution is -2.26. The van der Waals surface area contributed by atoms with Crippen molar-refractivity contribution in [3.05, 3.63) is 40.7 Å². The molecule has 5 nitrogen and oxygen atoms in total.